The summed E-state index contributed by atoms with van der Waals surface area (Å²) < 4.78 is 0. The molecule has 0 unspecified atom stereocenters. The van der Waals surface area contributed by atoms with Crippen LogP contribution in [0.3, 0.4) is 0 Å². The molecule has 2 rings (SSSR count). The van der Waals surface area contributed by atoms with Crippen molar-refractivity contribution in [3.63, 3.8) is 0 Å². The molecule has 0 spiro atoms. The molecule has 23 heavy (non-hydrogen) atoms. The number of carbonyl (C=O) groups is 2. The Morgan fingerprint density at radius 1 is 1.30 bits per heavy atom. The van der Waals surface area contributed by atoms with Crippen molar-refractivity contribution in [3.8, 4) is 0 Å². The first-order chi connectivity index (χ1) is 10.7. The highest BCUT2D eigenvalue weighted by molar-refractivity contribution is 5.89. The molecule has 0 radical (unpaired) electrons. The van der Waals surface area contributed by atoms with Gasteiger partial charge in [-0.3, -0.25) is 9.59 Å². The first-order valence-electron chi connectivity index (χ1n) is 8.06. The second kappa shape index (κ2) is 6.64. The summed E-state index contributed by atoms with van der Waals surface area (Å²) in [6.45, 7) is 10.8. The van der Waals surface area contributed by atoms with Crippen molar-refractivity contribution in [2.24, 2.45) is 5.92 Å². The lowest BCUT2D eigenvalue weighted by molar-refractivity contribution is -0.132. The summed E-state index contributed by atoms with van der Waals surface area (Å²) in [7, 11) is 0. The Morgan fingerprint density at radius 3 is 2.43 bits per heavy atom. The molecule has 1 aliphatic heterocycles. The SMILES string of the molecule is Cc1cc(C)nc(CCNC(=O)[C@@H]2CC(=O)N(C(C)(C)C)C2)n1. The van der Waals surface area contributed by atoms with E-state index in [2.05, 4.69) is 15.3 Å². The van der Waals surface area contributed by atoms with E-state index in [1.807, 2.05) is 40.7 Å². The third kappa shape index (κ3) is 4.50. The van der Waals surface area contributed by atoms with Gasteiger partial charge in [0.25, 0.3) is 0 Å². The van der Waals surface area contributed by atoms with Gasteiger partial charge in [-0.25, -0.2) is 9.97 Å². The summed E-state index contributed by atoms with van der Waals surface area (Å²) in [4.78, 5) is 34.8. The zero-order chi connectivity index (χ0) is 17.2. The second-order valence-electron chi connectivity index (χ2n) is 7.18. The molecule has 0 aliphatic carbocycles. The fourth-order valence-electron chi connectivity index (χ4n) is 2.88. The Morgan fingerprint density at radius 2 is 1.91 bits per heavy atom. The molecule has 1 N–H and O–H groups in total. The smallest absolute Gasteiger partial charge is 0.225 e. The molecule has 2 heterocycles. The standard InChI is InChI=1S/C17H26N4O2/c1-11-8-12(2)20-14(19-11)6-7-18-16(23)13-9-15(22)21(10-13)17(3,4)5/h8,13H,6-7,9-10H2,1-5H3,(H,18,23)/t13-/m1/s1. The quantitative estimate of drug-likeness (QED) is 0.910. The van der Waals surface area contributed by atoms with Gasteiger partial charge < -0.3 is 10.2 Å². The summed E-state index contributed by atoms with van der Waals surface area (Å²) >= 11 is 0. The lowest BCUT2D eigenvalue weighted by Gasteiger charge is -2.31. The van der Waals surface area contributed by atoms with Crippen molar-refractivity contribution >= 4 is 11.8 Å². The maximum absolute atomic E-state index is 12.3. The van der Waals surface area contributed by atoms with E-state index in [-0.39, 0.29) is 23.3 Å². The molecule has 0 bridgehead atoms. The van der Waals surface area contributed by atoms with Crippen molar-refractivity contribution in [3.05, 3.63) is 23.3 Å². The zero-order valence-corrected chi connectivity index (χ0v) is 14.6. The number of likely N-dealkylation sites (tertiary alicyclic amines) is 1. The molecule has 1 fully saturated rings. The van der Waals surface area contributed by atoms with Crippen LogP contribution in [0, 0.1) is 19.8 Å². The summed E-state index contributed by atoms with van der Waals surface area (Å²) in [5.41, 5.74) is 1.63. The molecule has 1 aromatic heterocycles. The third-order valence-electron chi connectivity index (χ3n) is 3.98. The maximum atomic E-state index is 12.3. The fraction of sp³-hybridized carbons (Fsp3) is 0.647. The minimum atomic E-state index is -0.262. The molecule has 6 nitrogen and oxygen atoms in total. The van der Waals surface area contributed by atoms with E-state index < -0.39 is 0 Å². The third-order valence-corrected chi connectivity index (χ3v) is 3.98. The van der Waals surface area contributed by atoms with Crippen LogP contribution in [0.25, 0.3) is 0 Å². The van der Waals surface area contributed by atoms with Gasteiger partial charge in [-0.2, -0.15) is 0 Å². The lowest BCUT2D eigenvalue weighted by Crippen LogP contribution is -2.43. The van der Waals surface area contributed by atoms with Gasteiger partial charge in [-0.15, -0.1) is 0 Å². The van der Waals surface area contributed by atoms with E-state index in [0.29, 0.717) is 25.9 Å². The van der Waals surface area contributed by atoms with Gasteiger partial charge in [0.1, 0.15) is 5.82 Å². The topological polar surface area (TPSA) is 75.2 Å². The number of carbonyl (C=O) groups excluding carboxylic acids is 2. The van der Waals surface area contributed by atoms with Crippen LogP contribution >= 0.6 is 0 Å². The van der Waals surface area contributed by atoms with Crippen LogP contribution in [-0.4, -0.2) is 45.3 Å². The van der Waals surface area contributed by atoms with Gasteiger partial charge >= 0.3 is 0 Å². The van der Waals surface area contributed by atoms with Gasteiger partial charge in [-0.1, -0.05) is 0 Å². The Kier molecular flexibility index (Phi) is 5.02. The van der Waals surface area contributed by atoms with E-state index in [1.165, 1.54) is 0 Å². The number of aromatic nitrogens is 2. The van der Waals surface area contributed by atoms with Gasteiger partial charge in [0.15, 0.2) is 0 Å². The minimum Gasteiger partial charge on any atom is -0.355 e. The zero-order valence-electron chi connectivity index (χ0n) is 14.6. The fourth-order valence-corrected chi connectivity index (χ4v) is 2.88. The van der Waals surface area contributed by atoms with Crippen LogP contribution in [0.15, 0.2) is 6.07 Å². The molecule has 2 amide bonds. The number of rotatable bonds is 4. The van der Waals surface area contributed by atoms with Gasteiger partial charge in [0.2, 0.25) is 11.8 Å². The Hall–Kier alpha value is -1.98. The summed E-state index contributed by atoms with van der Waals surface area (Å²) in [6.07, 6.45) is 0.890. The van der Waals surface area contributed by atoms with Crippen molar-refractivity contribution in [1.82, 2.24) is 20.2 Å². The molecule has 1 aliphatic rings. The van der Waals surface area contributed by atoms with Crippen LogP contribution in [0.4, 0.5) is 0 Å². The van der Waals surface area contributed by atoms with Crippen molar-refractivity contribution in [2.45, 2.75) is 53.0 Å². The second-order valence-corrected chi connectivity index (χ2v) is 7.18. The first-order valence-corrected chi connectivity index (χ1v) is 8.06. The molecule has 6 heteroatoms. The molecule has 1 aromatic rings. The van der Waals surface area contributed by atoms with Crippen molar-refractivity contribution in [2.75, 3.05) is 13.1 Å². The Balaban J connectivity index is 1.85. The monoisotopic (exact) mass is 318 g/mol. The average Bonchev–Trinajstić information content (AvgIpc) is 2.79. The van der Waals surface area contributed by atoms with Crippen LogP contribution in [-0.2, 0) is 16.0 Å². The molecule has 0 saturated carbocycles. The molecule has 1 atom stereocenters. The van der Waals surface area contributed by atoms with E-state index in [9.17, 15) is 9.59 Å². The molecule has 0 aromatic carbocycles. The number of hydrogen-bond donors (Lipinski definition) is 1. The van der Waals surface area contributed by atoms with Crippen molar-refractivity contribution < 1.29 is 9.59 Å². The van der Waals surface area contributed by atoms with E-state index in [4.69, 9.17) is 0 Å². The van der Waals surface area contributed by atoms with E-state index >= 15 is 0 Å². The highest BCUT2D eigenvalue weighted by Crippen LogP contribution is 2.25. The Labute approximate surface area is 137 Å². The highest BCUT2D eigenvalue weighted by Gasteiger charge is 2.39. The van der Waals surface area contributed by atoms with Crippen LogP contribution in [0.2, 0.25) is 0 Å². The van der Waals surface area contributed by atoms with Gasteiger partial charge in [-0.05, 0) is 40.7 Å². The first kappa shape index (κ1) is 17.4. The summed E-state index contributed by atoms with van der Waals surface area (Å²) in [5, 5.41) is 2.91. The van der Waals surface area contributed by atoms with Gasteiger partial charge in [0.05, 0.1) is 5.92 Å². The maximum Gasteiger partial charge on any atom is 0.225 e. The van der Waals surface area contributed by atoms with E-state index in [1.54, 1.807) is 4.90 Å². The minimum absolute atomic E-state index is 0.0512. The molecule has 1 saturated heterocycles. The van der Waals surface area contributed by atoms with Gasteiger partial charge in [0, 0.05) is 42.9 Å². The molecular weight excluding hydrogens is 292 g/mol. The van der Waals surface area contributed by atoms with Crippen LogP contribution in [0.1, 0.15) is 44.4 Å². The number of hydrogen-bond acceptors (Lipinski definition) is 4. The van der Waals surface area contributed by atoms with E-state index in [0.717, 1.165) is 17.2 Å². The van der Waals surface area contributed by atoms with Crippen molar-refractivity contribution in [1.29, 1.82) is 0 Å². The molecular formula is C17H26N4O2. The predicted octanol–water partition coefficient (Wildman–Crippen LogP) is 1.40. The highest BCUT2D eigenvalue weighted by atomic mass is 16.2. The number of nitrogens with one attached hydrogen (secondary N) is 1. The average molecular weight is 318 g/mol. The van der Waals surface area contributed by atoms with Crippen LogP contribution < -0.4 is 5.32 Å². The predicted molar refractivity (Wildman–Crippen MR) is 87.8 cm³/mol. The van der Waals surface area contributed by atoms with Crippen LogP contribution in [0.5, 0.6) is 0 Å². The molecule has 126 valence electrons. The summed E-state index contributed by atoms with van der Waals surface area (Å²) in [5.74, 6) is 0.466. The number of nitrogens with zero attached hydrogens (tertiary/aromatic N) is 3. The number of amides is 2. The largest absolute Gasteiger partial charge is 0.355 e. The normalized spacial score (nSPS) is 18.4. The number of aryl methyl sites for hydroxylation is 2. The Bertz CT molecular complexity index is 587. The summed E-state index contributed by atoms with van der Waals surface area (Å²) in [6, 6.07) is 1.92. The lowest BCUT2D eigenvalue weighted by atomic mass is 10.1.